The number of hydrogen-bond acceptors (Lipinski definition) is 4. The molecule has 1 aromatic heterocycles. The summed E-state index contributed by atoms with van der Waals surface area (Å²) in [6.07, 6.45) is 6.31. The van der Waals surface area contributed by atoms with Crippen LogP contribution in [0.3, 0.4) is 0 Å². The van der Waals surface area contributed by atoms with E-state index in [4.69, 9.17) is 4.74 Å². The van der Waals surface area contributed by atoms with Crippen LogP contribution >= 0.6 is 0 Å². The number of rotatable bonds is 5. The number of urea groups is 1. The van der Waals surface area contributed by atoms with Crippen LogP contribution in [0.4, 0.5) is 4.79 Å². The summed E-state index contributed by atoms with van der Waals surface area (Å²) < 4.78 is 7.23. The lowest BCUT2D eigenvalue weighted by Crippen LogP contribution is -2.58. The number of methoxy groups -OCH3 is 1. The first-order valence-electron chi connectivity index (χ1n) is 9.50. The fourth-order valence-corrected chi connectivity index (χ4v) is 4.00. The Labute approximate surface area is 159 Å². The lowest BCUT2D eigenvalue weighted by Gasteiger charge is -2.35. The van der Waals surface area contributed by atoms with Crippen molar-refractivity contribution >= 4 is 23.9 Å². The van der Waals surface area contributed by atoms with Crippen LogP contribution in [-0.4, -0.2) is 47.1 Å². The molecule has 4 amide bonds. The summed E-state index contributed by atoms with van der Waals surface area (Å²) in [6, 6.07) is 1.22. The van der Waals surface area contributed by atoms with Crippen molar-refractivity contribution < 1.29 is 19.1 Å². The minimum atomic E-state index is -0.626. The molecular formula is C20H27N3O4. The fraction of sp³-hybridized carbons (Fsp3) is 0.550. The van der Waals surface area contributed by atoms with Gasteiger partial charge in [-0.3, -0.25) is 19.8 Å². The van der Waals surface area contributed by atoms with E-state index in [0.29, 0.717) is 13.2 Å². The molecule has 7 nitrogen and oxygen atoms in total. The number of nitrogens with one attached hydrogen (secondary N) is 1. The first-order chi connectivity index (χ1) is 12.9. The van der Waals surface area contributed by atoms with Gasteiger partial charge >= 0.3 is 6.03 Å². The predicted molar refractivity (Wildman–Crippen MR) is 101 cm³/mol. The monoisotopic (exact) mass is 373 g/mol. The molecule has 0 unspecified atom stereocenters. The third-order valence-corrected chi connectivity index (χ3v) is 5.50. The normalized spacial score (nSPS) is 20.5. The maximum Gasteiger partial charge on any atom is 0.331 e. The van der Waals surface area contributed by atoms with E-state index in [1.807, 2.05) is 19.9 Å². The molecule has 2 aliphatic rings. The van der Waals surface area contributed by atoms with Crippen molar-refractivity contribution in [2.45, 2.75) is 58.5 Å². The molecule has 1 saturated carbocycles. The molecule has 0 bridgehead atoms. The van der Waals surface area contributed by atoms with Gasteiger partial charge in [-0.25, -0.2) is 4.79 Å². The second kappa shape index (κ2) is 8.08. The van der Waals surface area contributed by atoms with Gasteiger partial charge in [-0.15, -0.1) is 0 Å². The minimum absolute atomic E-state index is 0.0205. The molecule has 1 N–H and O–H groups in total. The number of imide groups is 2. The topological polar surface area (TPSA) is 80.6 Å². The van der Waals surface area contributed by atoms with Gasteiger partial charge in [-0.2, -0.15) is 0 Å². The molecule has 27 heavy (non-hydrogen) atoms. The van der Waals surface area contributed by atoms with Crippen molar-refractivity contribution in [3.63, 3.8) is 0 Å². The number of nitrogens with zero attached hydrogens (tertiary/aromatic N) is 2. The second-order valence-corrected chi connectivity index (χ2v) is 7.26. The van der Waals surface area contributed by atoms with E-state index in [1.54, 1.807) is 13.2 Å². The van der Waals surface area contributed by atoms with Crippen LogP contribution in [0.1, 0.15) is 49.1 Å². The van der Waals surface area contributed by atoms with E-state index in [-0.39, 0.29) is 11.6 Å². The highest BCUT2D eigenvalue weighted by Crippen LogP contribution is 2.27. The van der Waals surface area contributed by atoms with Crippen LogP contribution in [0.2, 0.25) is 0 Å². The molecule has 3 rings (SSSR count). The molecule has 2 fully saturated rings. The van der Waals surface area contributed by atoms with E-state index in [2.05, 4.69) is 9.88 Å². The van der Waals surface area contributed by atoms with Crippen LogP contribution in [-0.2, 0) is 20.9 Å². The lowest BCUT2D eigenvalue weighted by atomic mass is 9.93. The number of aryl methyl sites for hydroxylation is 1. The number of amides is 4. The standard InChI is InChI=1S/C20H27N3O4/c1-13-11-15(14(2)22(13)9-10-27-3)12-17-18(24)21-20(26)23(19(17)25)16-7-5-4-6-8-16/h11-12,16H,4-10H2,1-3H3,(H,21,24,26)/b17-12-. The van der Waals surface area contributed by atoms with Crippen LogP contribution in [0.25, 0.3) is 6.08 Å². The number of hydrogen-bond donors (Lipinski definition) is 1. The molecule has 1 saturated heterocycles. The fourth-order valence-electron chi connectivity index (χ4n) is 4.00. The predicted octanol–water partition coefficient (Wildman–Crippen LogP) is 2.55. The molecule has 1 aliphatic carbocycles. The highest BCUT2D eigenvalue weighted by molar-refractivity contribution is 6.31. The number of barbiturate groups is 1. The number of aromatic nitrogens is 1. The number of carbonyl (C=O) groups is 3. The Morgan fingerprint density at radius 3 is 2.56 bits per heavy atom. The highest BCUT2D eigenvalue weighted by Gasteiger charge is 2.40. The Kier molecular flexibility index (Phi) is 5.79. The zero-order valence-corrected chi connectivity index (χ0v) is 16.2. The highest BCUT2D eigenvalue weighted by atomic mass is 16.5. The smallest absolute Gasteiger partial charge is 0.331 e. The SMILES string of the molecule is COCCn1c(C)cc(/C=C2/C(=O)NC(=O)N(C3CCCCC3)C2=O)c1C. The van der Waals surface area contributed by atoms with Crippen molar-refractivity contribution in [1.82, 2.24) is 14.8 Å². The Balaban J connectivity index is 1.91. The molecule has 7 heteroatoms. The van der Waals surface area contributed by atoms with Crippen LogP contribution < -0.4 is 5.32 Å². The minimum Gasteiger partial charge on any atom is -0.383 e. The molecular weight excluding hydrogens is 346 g/mol. The van der Waals surface area contributed by atoms with Crippen molar-refractivity contribution in [2.75, 3.05) is 13.7 Å². The van der Waals surface area contributed by atoms with Crippen molar-refractivity contribution in [3.8, 4) is 0 Å². The lowest BCUT2D eigenvalue weighted by molar-refractivity contribution is -0.132. The van der Waals surface area contributed by atoms with E-state index in [1.165, 1.54) is 4.90 Å². The van der Waals surface area contributed by atoms with Gasteiger partial charge in [-0.05, 0) is 44.4 Å². The molecule has 0 radical (unpaired) electrons. The van der Waals surface area contributed by atoms with Crippen molar-refractivity contribution in [3.05, 3.63) is 28.6 Å². The van der Waals surface area contributed by atoms with Gasteiger partial charge in [0, 0.05) is 31.1 Å². The third-order valence-electron chi connectivity index (χ3n) is 5.50. The van der Waals surface area contributed by atoms with Crippen molar-refractivity contribution in [1.29, 1.82) is 0 Å². The first-order valence-corrected chi connectivity index (χ1v) is 9.50. The quantitative estimate of drug-likeness (QED) is 0.635. The Bertz CT molecular complexity index is 787. The average molecular weight is 373 g/mol. The summed E-state index contributed by atoms with van der Waals surface area (Å²) in [5, 5.41) is 2.33. The third kappa shape index (κ3) is 3.83. The first kappa shape index (κ1) is 19.4. The Hall–Kier alpha value is -2.41. The molecule has 0 spiro atoms. The molecule has 2 heterocycles. The maximum absolute atomic E-state index is 13.0. The van der Waals surface area contributed by atoms with Gasteiger partial charge in [0.15, 0.2) is 0 Å². The van der Waals surface area contributed by atoms with Crippen LogP contribution in [0, 0.1) is 13.8 Å². The number of ether oxygens (including phenoxy) is 1. The summed E-state index contributed by atoms with van der Waals surface area (Å²) in [5.41, 5.74) is 2.81. The second-order valence-electron chi connectivity index (χ2n) is 7.26. The van der Waals surface area contributed by atoms with E-state index >= 15 is 0 Å². The van der Waals surface area contributed by atoms with Crippen LogP contribution in [0.5, 0.6) is 0 Å². The van der Waals surface area contributed by atoms with E-state index in [0.717, 1.165) is 49.1 Å². The number of carbonyl (C=O) groups excluding carboxylic acids is 3. The summed E-state index contributed by atoms with van der Waals surface area (Å²) in [5.74, 6) is -1.11. The van der Waals surface area contributed by atoms with Gasteiger partial charge in [0.05, 0.1) is 6.61 Å². The maximum atomic E-state index is 13.0. The van der Waals surface area contributed by atoms with Gasteiger partial charge in [0.2, 0.25) is 0 Å². The van der Waals surface area contributed by atoms with Crippen LogP contribution in [0.15, 0.2) is 11.6 Å². The van der Waals surface area contributed by atoms with Gasteiger partial charge in [0.25, 0.3) is 11.8 Å². The molecule has 0 atom stereocenters. The van der Waals surface area contributed by atoms with Gasteiger partial charge in [-0.1, -0.05) is 19.3 Å². The zero-order chi connectivity index (χ0) is 19.6. The summed E-state index contributed by atoms with van der Waals surface area (Å²) >= 11 is 0. The van der Waals surface area contributed by atoms with E-state index in [9.17, 15) is 14.4 Å². The Morgan fingerprint density at radius 2 is 1.89 bits per heavy atom. The summed E-state index contributed by atoms with van der Waals surface area (Å²) in [6.45, 7) is 5.20. The van der Waals surface area contributed by atoms with Gasteiger partial charge < -0.3 is 9.30 Å². The largest absolute Gasteiger partial charge is 0.383 e. The van der Waals surface area contributed by atoms with Gasteiger partial charge in [0.1, 0.15) is 5.57 Å². The Morgan fingerprint density at radius 1 is 1.19 bits per heavy atom. The van der Waals surface area contributed by atoms with E-state index < -0.39 is 17.8 Å². The molecule has 0 aromatic carbocycles. The van der Waals surface area contributed by atoms with Crippen molar-refractivity contribution in [2.24, 2.45) is 0 Å². The zero-order valence-electron chi connectivity index (χ0n) is 16.2. The molecule has 1 aromatic rings. The molecule has 146 valence electrons. The average Bonchev–Trinajstić information content (AvgIpc) is 2.91. The molecule has 1 aliphatic heterocycles. The summed E-state index contributed by atoms with van der Waals surface area (Å²) in [4.78, 5) is 38.9. The summed E-state index contributed by atoms with van der Waals surface area (Å²) in [7, 11) is 1.65.